The summed E-state index contributed by atoms with van der Waals surface area (Å²) < 4.78 is 18.5. The molecule has 0 spiro atoms. The number of ether oxygens (including phenoxy) is 3. The minimum atomic E-state index is -0.455. The standard InChI is InChI=1S/C25H26N4O4/c1-14-7-5-8-15(11-14)24-27-25-26-17-9-6-10-18(30)21(17)22(29(25)28-24)16-12-19(31-2)23(33-4)20(13-16)32-3/h5,7-8,11-13,22H,6,9-10H2,1-4H3,(H,26,27,28)/t22-/m0/s1. The number of carbonyl (C=O) groups is 1. The van der Waals surface area contributed by atoms with Gasteiger partial charge in [-0.3, -0.25) is 4.79 Å². The molecule has 1 atom stereocenters. The van der Waals surface area contributed by atoms with Crippen LogP contribution in [0.1, 0.15) is 36.4 Å². The molecule has 2 heterocycles. The van der Waals surface area contributed by atoms with E-state index in [9.17, 15) is 4.79 Å². The highest BCUT2D eigenvalue weighted by Gasteiger charge is 2.37. The monoisotopic (exact) mass is 446 g/mol. The zero-order chi connectivity index (χ0) is 23.1. The van der Waals surface area contributed by atoms with Crippen LogP contribution in [0.4, 0.5) is 5.95 Å². The van der Waals surface area contributed by atoms with Crippen molar-refractivity contribution in [2.45, 2.75) is 32.2 Å². The third-order valence-electron chi connectivity index (χ3n) is 6.15. The van der Waals surface area contributed by atoms with Gasteiger partial charge in [-0.25, -0.2) is 4.68 Å². The number of hydrogen-bond acceptors (Lipinski definition) is 7. The number of rotatable bonds is 5. The summed E-state index contributed by atoms with van der Waals surface area (Å²) in [4.78, 5) is 17.9. The van der Waals surface area contributed by atoms with Crippen molar-refractivity contribution in [2.75, 3.05) is 26.6 Å². The lowest BCUT2D eigenvalue weighted by Gasteiger charge is -2.32. The Balaban J connectivity index is 1.72. The molecule has 33 heavy (non-hydrogen) atoms. The van der Waals surface area contributed by atoms with Crippen LogP contribution in [0.2, 0.25) is 0 Å². The molecule has 0 bridgehead atoms. The van der Waals surface area contributed by atoms with E-state index in [4.69, 9.17) is 24.3 Å². The zero-order valence-corrected chi connectivity index (χ0v) is 19.1. The number of Topliss-reactive ketones (excluding diaryl/α,β-unsaturated/α-hetero) is 1. The van der Waals surface area contributed by atoms with E-state index in [2.05, 4.69) is 5.32 Å². The van der Waals surface area contributed by atoms with E-state index >= 15 is 0 Å². The Kier molecular flexibility index (Phi) is 5.28. The van der Waals surface area contributed by atoms with Crippen molar-refractivity contribution in [3.63, 3.8) is 0 Å². The quantitative estimate of drug-likeness (QED) is 0.625. The molecule has 1 N–H and O–H groups in total. The van der Waals surface area contributed by atoms with Crippen molar-refractivity contribution in [2.24, 2.45) is 0 Å². The maximum atomic E-state index is 13.1. The lowest BCUT2D eigenvalue weighted by molar-refractivity contribution is -0.116. The van der Waals surface area contributed by atoms with E-state index < -0.39 is 6.04 Å². The van der Waals surface area contributed by atoms with E-state index in [-0.39, 0.29) is 5.78 Å². The number of nitrogens with one attached hydrogen (secondary N) is 1. The van der Waals surface area contributed by atoms with Gasteiger partial charge in [0.2, 0.25) is 11.7 Å². The summed E-state index contributed by atoms with van der Waals surface area (Å²) in [6.45, 7) is 2.04. The van der Waals surface area contributed by atoms with Gasteiger partial charge in [0.05, 0.1) is 21.3 Å². The number of aromatic nitrogens is 3. The van der Waals surface area contributed by atoms with Crippen molar-refractivity contribution in [1.29, 1.82) is 0 Å². The first-order chi connectivity index (χ1) is 16.0. The maximum Gasteiger partial charge on any atom is 0.226 e. The Morgan fingerprint density at radius 2 is 1.79 bits per heavy atom. The van der Waals surface area contributed by atoms with Crippen molar-refractivity contribution in [3.8, 4) is 28.6 Å². The fraction of sp³-hybridized carbons (Fsp3) is 0.320. The predicted octanol–water partition coefficient (Wildman–Crippen LogP) is 4.30. The van der Waals surface area contributed by atoms with E-state index in [0.29, 0.717) is 41.0 Å². The Hall–Kier alpha value is -3.81. The zero-order valence-electron chi connectivity index (χ0n) is 19.1. The lowest BCUT2D eigenvalue weighted by atomic mass is 9.85. The van der Waals surface area contributed by atoms with Gasteiger partial charge < -0.3 is 19.5 Å². The number of aryl methyl sites for hydroxylation is 1. The molecule has 0 fully saturated rings. The molecule has 5 rings (SSSR count). The Morgan fingerprint density at radius 3 is 2.45 bits per heavy atom. The second-order valence-corrected chi connectivity index (χ2v) is 8.23. The number of benzene rings is 2. The van der Waals surface area contributed by atoms with Crippen LogP contribution >= 0.6 is 0 Å². The van der Waals surface area contributed by atoms with Crippen LogP contribution in [0.5, 0.6) is 17.2 Å². The second-order valence-electron chi connectivity index (χ2n) is 8.23. The van der Waals surface area contributed by atoms with Gasteiger partial charge in [-0.05, 0) is 43.5 Å². The number of carbonyl (C=O) groups excluding carboxylic acids is 1. The highest BCUT2D eigenvalue weighted by molar-refractivity contribution is 5.99. The van der Waals surface area contributed by atoms with Gasteiger partial charge in [0.25, 0.3) is 0 Å². The molecule has 2 aromatic carbocycles. The third-order valence-corrected chi connectivity index (χ3v) is 6.15. The molecule has 0 saturated carbocycles. The van der Waals surface area contributed by atoms with Crippen molar-refractivity contribution >= 4 is 11.7 Å². The van der Waals surface area contributed by atoms with Crippen LogP contribution in [0.3, 0.4) is 0 Å². The summed E-state index contributed by atoms with van der Waals surface area (Å²) in [6, 6.07) is 11.4. The second kappa shape index (κ2) is 8.27. The van der Waals surface area contributed by atoms with E-state index in [0.717, 1.165) is 35.2 Å². The molecular weight excluding hydrogens is 420 g/mol. The number of nitrogens with zero attached hydrogens (tertiary/aromatic N) is 3. The van der Waals surface area contributed by atoms with Gasteiger partial charge in [-0.1, -0.05) is 23.8 Å². The molecule has 8 nitrogen and oxygen atoms in total. The Morgan fingerprint density at radius 1 is 1.03 bits per heavy atom. The van der Waals surface area contributed by atoms with E-state index in [1.807, 2.05) is 43.3 Å². The van der Waals surface area contributed by atoms with Crippen LogP contribution in [0, 0.1) is 6.92 Å². The average molecular weight is 447 g/mol. The van der Waals surface area contributed by atoms with Crippen LogP contribution < -0.4 is 19.5 Å². The Bertz CT molecular complexity index is 1250. The number of ketones is 1. The van der Waals surface area contributed by atoms with Gasteiger partial charge in [0.1, 0.15) is 6.04 Å². The average Bonchev–Trinajstić information content (AvgIpc) is 3.25. The van der Waals surface area contributed by atoms with Crippen LogP contribution in [0.15, 0.2) is 47.7 Å². The first-order valence-electron chi connectivity index (χ1n) is 10.9. The number of fused-ring (bicyclic) bond motifs is 1. The minimum absolute atomic E-state index is 0.112. The number of hydrogen-bond donors (Lipinski definition) is 1. The summed E-state index contributed by atoms with van der Waals surface area (Å²) >= 11 is 0. The van der Waals surface area contributed by atoms with E-state index in [1.165, 1.54) is 0 Å². The van der Waals surface area contributed by atoms with Gasteiger partial charge in [0.15, 0.2) is 23.1 Å². The summed E-state index contributed by atoms with van der Waals surface area (Å²) in [6.07, 6.45) is 2.11. The molecular formula is C25H26N4O4. The van der Waals surface area contributed by atoms with Crippen molar-refractivity contribution < 1.29 is 19.0 Å². The first kappa shape index (κ1) is 21.1. The molecule has 0 saturated heterocycles. The highest BCUT2D eigenvalue weighted by Crippen LogP contribution is 2.45. The molecule has 3 aromatic rings. The summed E-state index contributed by atoms with van der Waals surface area (Å²) in [7, 11) is 4.73. The SMILES string of the molecule is COc1cc([C@H]2C3=C(CCCC3=O)Nc3nc(-c4cccc(C)c4)nn32)cc(OC)c1OC. The molecule has 1 aromatic heterocycles. The third kappa shape index (κ3) is 3.51. The molecule has 1 aliphatic carbocycles. The fourth-order valence-electron chi connectivity index (χ4n) is 4.63. The fourth-order valence-corrected chi connectivity index (χ4v) is 4.63. The molecule has 8 heteroatoms. The molecule has 0 amide bonds. The van der Waals surface area contributed by atoms with Crippen molar-refractivity contribution in [1.82, 2.24) is 14.8 Å². The lowest BCUT2D eigenvalue weighted by Crippen LogP contribution is -2.31. The van der Waals surface area contributed by atoms with Crippen LogP contribution in [-0.4, -0.2) is 41.9 Å². The van der Waals surface area contributed by atoms with E-state index in [1.54, 1.807) is 26.0 Å². The summed E-state index contributed by atoms with van der Waals surface area (Å²) in [5.41, 5.74) is 4.48. The largest absolute Gasteiger partial charge is 0.493 e. The number of allylic oxidation sites excluding steroid dienone is 2. The molecule has 170 valence electrons. The molecule has 0 radical (unpaired) electrons. The van der Waals surface area contributed by atoms with Gasteiger partial charge >= 0.3 is 0 Å². The van der Waals surface area contributed by atoms with Gasteiger partial charge in [-0.15, -0.1) is 5.10 Å². The van der Waals surface area contributed by atoms with Crippen LogP contribution in [-0.2, 0) is 4.79 Å². The number of anilines is 1. The first-order valence-corrected chi connectivity index (χ1v) is 10.9. The molecule has 1 aliphatic heterocycles. The Labute approximate surface area is 192 Å². The predicted molar refractivity (Wildman–Crippen MR) is 124 cm³/mol. The molecule has 2 aliphatic rings. The highest BCUT2D eigenvalue weighted by atomic mass is 16.5. The van der Waals surface area contributed by atoms with Gasteiger partial charge in [0, 0.05) is 23.3 Å². The molecule has 0 unspecified atom stereocenters. The van der Waals surface area contributed by atoms with Crippen molar-refractivity contribution in [3.05, 3.63) is 58.8 Å². The smallest absolute Gasteiger partial charge is 0.226 e. The normalized spacial score (nSPS) is 17.2. The van der Waals surface area contributed by atoms with Crippen LogP contribution in [0.25, 0.3) is 11.4 Å². The maximum absolute atomic E-state index is 13.1. The topological polar surface area (TPSA) is 87.5 Å². The minimum Gasteiger partial charge on any atom is -0.493 e. The summed E-state index contributed by atoms with van der Waals surface area (Å²) in [5.74, 6) is 2.87. The van der Waals surface area contributed by atoms with Gasteiger partial charge in [-0.2, -0.15) is 4.98 Å². The summed E-state index contributed by atoms with van der Waals surface area (Å²) in [5, 5.41) is 8.22. The number of methoxy groups -OCH3 is 3.